The minimum atomic E-state index is 0.0957. The molecular weight excluding hydrogens is 370 g/mol. The van der Waals surface area contributed by atoms with Crippen LogP contribution in [-0.4, -0.2) is 66.0 Å². The van der Waals surface area contributed by atoms with E-state index in [9.17, 15) is 4.79 Å². The van der Waals surface area contributed by atoms with Gasteiger partial charge < -0.3 is 14.7 Å². The van der Waals surface area contributed by atoms with Crippen LogP contribution in [0.1, 0.15) is 31.2 Å². The second-order valence-electron chi connectivity index (χ2n) is 7.87. The average Bonchev–Trinajstić information content (AvgIpc) is 3.22. The number of carbonyl (C=O) groups excluding carboxylic acids is 1. The molecule has 0 aliphatic carbocycles. The molecule has 1 aromatic carbocycles. The number of hydrogen-bond donors (Lipinski definition) is 1. The number of anilines is 1. The number of aromatic nitrogens is 2. The van der Waals surface area contributed by atoms with Gasteiger partial charge in [0, 0.05) is 31.0 Å². The minimum absolute atomic E-state index is 0.0957. The maximum Gasteiger partial charge on any atom is 0.227 e. The van der Waals surface area contributed by atoms with Gasteiger partial charge in [-0.25, -0.2) is 4.98 Å². The van der Waals surface area contributed by atoms with E-state index < -0.39 is 0 Å². The number of piperidine rings is 1. The third kappa shape index (κ3) is 4.52. The molecule has 0 unspecified atom stereocenters. The van der Waals surface area contributed by atoms with Crippen molar-refractivity contribution >= 4 is 22.6 Å². The summed E-state index contributed by atoms with van der Waals surface area (Å²) in [6.45, 7) is 9.09. The van der Waals surface area contributed by atoms with E-state index in [1.54, 1.807) is 4.90 Å². The Balaban J connectivity index is 1.35. The molecule has 0 spiro atoms. The van der Waals surface area contributed by atoms with Crippen molar-refractivity contribution in [2.75, 3.05) is 50.7 Å². The maximum atomic E-state index is 13.0. The summed E-state index contributed by atoms with van der Waals surface area (Å²) in [6, 6.07) is 10.3. The highest BCUT2D eigenvalue weighted by Gasteiger charge is 2.32. The third-order valence-corrected chi connectivity index (χ3v) is 6.80. The summed E-state index contributed by atoms with van der Waals surface area (Å²) >= 11 is 1.46. The van der Waals surface area contributed by atoms with Crippen LogP contribution in [0.2, 0.25) is 0 Å². The Hall–Kier alpha value is -1.99. The molecule has 2 aromatic rings. The summed E-state index contributed by atoms with van der Waals surface area (Å²) in [5, 5.41) is 0.962. The van der Waals surface area contributed by atoms with Crippen molar-refractivity contribution in [3.63, 3.8) is 0 Å². The second kappa shape index (κ2) is 9.01. The van der Waals surface area contributed by atoms with Crippen LogP contribution in [0, 0.1) is 5.92 Å². The molecule has 1 atom stereocenters. The summed E-state index contributed by atoms with van der Waals surface area (Å²) < 4.78 is 4.55. The van der Waals surface area contributed by atoms with E-state index in [0.29, 0.717) is 5.91 Å². The fourth-order valence-corrected chi connectivity index (χ4v) is 4.95. The Kier molecular flexibility index (Phi) is 6.22. The average molecular weight is 401 g/mol. The summed E-state index contributed by atoms with van der Waals surface area (Å²) in [5.41, 5.74) is 1.23. The zero-order valence-corrected chi connectivity index (χ0v) is 17.5. The first kappa shape index (κ1) is 19.3. The highest BCUT2D eigenvalue weighted by molar-refractivity contribution is 7.09. The van der Waals surface area contributed by atoms with Crippen molar-refractivity contribution in [1.82, 2.24) is 14.3 Å². The van der Waals surface area contributed by atoms with E-state index in [1.807, 2.05) is 18.2 Å². The number of carbonyl (C=O) groups is 1. The molecule has 1 N–H and O–H groups in total. The van der Waals surface area contributed by atoms with Crippen LogP contribution in [-0.2, 0) is 11.2 Å². The number of rotatable bonds is 5. The van der Waals surface area contributed by atoms with Gasteiger partial charge in [0.05, 0.1) is 38.6 Å². The van der Waals surface area contributed by atoms with Gasteiger partial charge in [0.25, 0.3) is 0 Å². The molecule has 4 rings (SSSR count). The summed E-state index contributed by atoms with van der Waals surface area (Å²) in [5.74, 6) is 1.31. The fourth-order valence-electron chi connectivity index (χ4n) is 4.23. The van der Waals surface area contributed by atoms with Crippen LogP contribution < -0.4 is 9.80 Å². The molecule has 0 bridgehead atoms. The van der Waals surface area contributed by atoms with Gasteiger partial charge in [0.15, 0.2) is 0 Å². The van der Waals surface area contributed by atoms with Gasteiger partial charge in [0.2, 0.25) is 11.0 Å². The second-order valence-corrected chi connectivity index (χ2v) is 8.60. The third-order valence-electron chi connectivity index (χ3n) is 5.99. The molecule has 7 heteroatoms. The molecule has 1 aromatic heterocycles. The summed E-state index contributed by atoms with van der Waals surface area (Å²) in [4.78, 5) is 23.8. The van der Waals surface area contributed by atoms with Gasteiger partial charge in [-0.15, -0.1) is 0 Å². The number of benzene rings is 1. The van der Waals surface area contributed by atoms with Crippen molar-refractivity contribution in [3.05, 3.63) is 41.7 Å². The lowest BCUT2D eigenvalue weighted by Crippen LogP contribution is -3.14. The van der Waals surface area contributed by atoms with Gasteiger partial charge in [-0.05, 0) is 25.3 Å². The van der Waals surface area contributed by atoms with E-state index in [4.69, 9.17) is 4.98 Å². The van der Waals surface area contributed by atoms with Crippen LogP contribution in [0.25, 0.3) is 0 Å². The number of likely N-dealkylation sites (N-methyl/N-ethyl adjacent to an activating group) is 1. The van der Waals surface area contributed by atoms with E-state index in [0.717, 1.165) is 76.0 Å². The normalized spacial score (nSPS) is 21.1. The van der Waals surface area contributed by atoms with Crippen LogP contribution in [0.3, 0.4) is 0 Å². The predicted octanol–water partition coefficient (Wildman–Crippen LogP) is 1.09. The van der Waals surface area contributed by atoms with Gasteiger partial charge >= 0.3 is 0 Å². The Morgan fingerprint density at radius 2 is 2.00 bits per heavy atom. The molecule has 2 saturated heterocycles. The number of quaternary nitrogens is 1. The zero-order chi connectivity index (χ0) is 19.3. The predicted molar refractivity (Wildman–Crippen MR) is 112 cm³/mol. The first-order chi connectivity index (χ1) is 13.7. The highest BCUT2D eigenvalue weighted by Crippen LogP contribution is 2.26. The Labute approximate surface area is 171 Å². The summed E-state index contributed by atoms with van der Waals surface area (Å²) in [6.07, 6.45) is 2.80. The van der Waals surface area contributed by atoms with Crippen LogP contribution >= 0.6 is 11.5 Å². The molecule has 150 valence electrons. The Bertz CT molecular complexity index is 772. The molecule has 0 radical (unpaired) electrons. The van der Waals surface area contributed by atoms with Gasteiger partial charge in [-0.1, -0.05) is 30.3 Å². The zero-order valence-electron chi connectivity index (χ0n) is 16.6. The van der Waals surface area contributed by atoms with Crippen molar-refractivity contribution in [3.8, 4) is 0 Å². The molecule has 2 aliphatic rings. The van der Waals surface area contributed by atoms with Gasteiger partial charge in [0.1, 0.15) is 5.82 Å². The minimum Gasteiger partial charge on any atom is -0.346 e. The lowest BCUT2D eigenvalue weighted by molar-refractivity contribution is -0.902. The standard InChI is InChI=1S/C21H29N5OS/c1-2-24-11-13-25(14-12-24)20(27)18-9-6-10-26(16-18)21-22-19(23-28-21)15-17-7-4-3-5-8-17/h3-5,7-8,18H,2,6,9-16H2,1H3/p+1/t18-/m0/s1. The van der Waals surface area contributed by atoms with Gasteiger partial charge in [-0.2, -0.15) is 4.37 Å². The Morgan fingerprint density at radius 3 is 2.75 bits per heavy atom. The summed E-state index contributed by atoms with van der Waals surface area (Å²) in [7, 11) is 0. The molecule has 6 nitrogen and oxygen atoms in total. The maximum absolute atomic E-state index is 13.0. The van der Waals surface area contributed by atoms with Crippen LogP contribution in [0.5, 0.6) is 0 Å². The fraction of sp³-hybridized carbons (Fsp3) is 0.571. The monoisotopic (exact) mass is 400 g/mol. The van der Waals surface area contributed by atoms with Crippen molar-refractivity contribution in [1.29, 1.82) is 0 Å². The molecule has 0 saturated carbocycles. The number of nitrogens with zero attached hydrogens (tertiary/aromatic N) is 4. The highest BCUT2D eigenvalue weighted by atomic mass is 32.1. The number of nitrogens with one attached hydrogen (secondary N) is 1. The quantitative estimate of drug-likeness (QED) is 0.817. The molecule has 2 fully saturated rings. The molecule has 3 heterocycles. The van der Waals surface area contributed by atoms with Crippen LogP contribution in [0.4, 0.5) is 5.13 Å². The number of amides is 1. The smallest absolute Gasteiger partial charge is 0.227 e. The number of piperazine rings is 1. The first-order valence-electron chi connectivity index (χ1n) is 10.5. The van der Waals surface area contributed by atoms with Gasteiger partial charge in [-0.3, -0.25) is 4.79 Å². The van der Waals surface area contributed by atoms with E-state index in [1.165, 1.54) is 17.1 Å². The number of hydrogen-bond acceptors (Lipinski definition) is 5. The molecular formula is C21H30N5OS+. The topological polar surface area (TPSA) is 53.8 Å². The van der Waals surface area contributed by atoms with Crippen molar-refractivity contribution in [2.24, 2.45) is 5.92 Å². The molecule has 2 aliphatic heterocycles. The van der Waals surface area contributed by atoms with Crippen molar-refractivity contribution < 1.29 is 9.69 Å². The largest absolute Gasteiger partial charge is 0.346 e. The van der Waals surface area contributed by atoms with E-state index >= 15 is 0 Å². The first-order valence-corrected chi connectivity index (χ1v) is 11.2. The molecule has 28 heavy (non-hydrogen) atoms. The molecule has 1 amide bonds. The van der Waals surface area contributed by atoms with Crippen LogP contribution in [0.15, 0.2) is 30.3 Å². The SMILES string of the molecule is CC[NH+]1CCN(C(=O)[C@H]2CCCN(c3nc(Cc4ccccc4)ns3)C2)CC1. The Morgan fingerprint density at radius 1 is 1.21 bits per heavy atom. The van der Waals surface area contributed by atoms with E-state index in [2.05, 4.69) is 33.2 Å². The lowest BCUT2D eigenvalue weighted by Gasteiger charge is -2.37. The van der Waals surface area contributed by atoms with E-state index in [-0.39, 0.29) is 5.92 Å². The van der Waals surface area contributed by atoms with Crippen molar-refractivity contribution in [2.45, 2.75) is 26.2 Å². The lowest BCUT2D eigenvalue weighted by atomic mass is 9.96.